The quantitative estimate of drug-likeness (QED) is 0.537. The molecule has 0 aliphatic rings. The predicted molar refractivity (Wildman–Crippen MR) is 72.8 cm³/mol. The van der Waals surface area contributed by atoms with Gasteiger partial charge in [-0.3, -0.25) is 0 Å². The van der Waals surface area contributed by atoms with Crippen LogP contribution in [0.3, 0.4) is 0 Å². The van der Waals surface area contributed by atoms with Gasteiger partial charge in [0.15, 0.2) is 0 Å². The molecule has 0 amide bonds. The molecule has 0 unspecified atom stereocenters. The molecular weight excluding hydrogens is 312 g/mol. The molecule has 3 aromatic heterocycles. The van der Waals surface area contributed by atoms with Crippen LogP contribution in [0.5, 0.6) is 0 Å². The van der Waals surface area contributed by atoms with Crippen LogP contribution >= 0.6 is 15.9 Å². The van der Waals surface area contributed by atoms with Gasteiger partial charge in [0.1, 0.15) is 11.8 Å². The van der Waals surface area contributed by atoms with Crippen LogP contribution in [0.15, 0.2) is 47.3 Å². The van der Waals surface area contributed by atoms with E-state index in [1.807, 2.05) is 18.3 Å². The number of fused-ring (bicyclic) bond motifs is 1. The van der Waals surface area contributed by atoms with Crippen molar-refractivity contribution in [3.8, 4) is 11.3 Å². The summed E-state index contributed by atoms with van der Waals surface area (Å²) in [5.74, 6) is -0.190. The maximum atomic E-state index is 11.0. The molecule has 0 bridgehead atoms. The van der Waals surface area contributed by atoms with Crippen LogP contribution in [0.1, 0.15) is 0 Å². The molecule has 0 aliphatic carbocycles. The van der Waals surface area contributed by atoms with Crippen LogP contribution < -0.4 is 0 Å². The van der Waals surface area contributed by atoms with Gasteiger partial charge in [0, 0.05) is 16.9 Å². The molecule has 3 aromatic rings. The second-order valence-corrected chi connectivity index (χ2v) is 4.79. The molecule has 0 N–H and O–H groups in total. The molecule has 0 fully saturated rings. The van der Waals surface area contributed by atoms with Crippen molar-refractivity contribution in [2.24, 2.45) is 0 Å². The van der Waals surface area contributed by atoms with E-state index in [9.17, 15) is 10.1 Å². The Balaban J connectivity index is 2.22. The van der Waals surface area contributed by atoms with Gasteiger partial charge in [0.25, 0.3) is 0 Å². The first-order chi connectivity index (χ1) is 9.15. The summed E-state index contributed by atoms with van der Waals surface area (Å²) in [6.45, 7) is 0. The zero-order valence-corrected chi connectivity index (χ0v) is 11.1. The van der Waals surface area contributed by atoms with Gasteiger partial charge in [-0.25, -0.2) is 4.98 Å². The zero-order chi connectivity index (χ0) is 13.4. The summed E-state index contributed by atoms with van der Waals surface area (Å²) in [7, 11) is 0. The molecule has 7 heteroatoms. The summed E-state index contributed by atoms with van der Waals surface area (Å²) >= 11 is 3.37. The second kappa shape index (κ2) is 4.43. The Morgan fingerprint density at radius 1 is 1.26 bits per heavy atom. The van der Waals surface area contributed by atoms with Crippen molar-refractivity contribution in [1.82, 2.24) is 14.4 Å². The van der Waals surface area contributed by atoms with Crippen molar-refractivity contribution in [3.63, 3.8) is 0 Å². The fourth-order valence-corrected chi connectivity index (χ4v) is 2.19. The maximum absolute atomic E-state index is 11.0. The van der Waals surface area contributed by atoms with Crippen molar-refractivity contribution in [1.29, 1.82) is 0 Å². The number of halogens is 1. The Labute approximate surface area is 116 Å². The molecule has 0 aromatic carbocycles. The summed E-state index contributed by atoms with van der Waals surface area (Å²) in [6.07, 6.45) is 4.98. The van der Waals surface area contributed by atoms with E-state index in [-0.39, 0.29) is 5.82 Å². The highest BCUT2D eigenvalue weighted by Crippen LogP contribution is 2.27. The second-order valence-electron chi connectivity index (χ2n) is 3.87. The highest BCUT2D eigenvalue weighted by Gasteiger charge is 2.18. The SMILES string of the molecule is O=[N+]([O-])c1ncccc1-c1cn2cc(Br)ccc2n1. The minimum atomic E-state index is -0.505. The van der Waals surface area contributed by atoms with Crippen molar-refractivity contribution in [2.45, 2.75) is 0 Å². The van der Waals surface area contributed by atoms with Crippen molar-refractivity contribution in [3.05, 3.63) is 57.4 Å². The van der Waals surface area contributed by atoms with Crippen LogP contribution in [-0.2, 0) is 0 Å². The molecule has 19 heavy (non-hydrogen) atoms. The van der Waals surface area contributed by atoms with Gasteiger partial charge in [0.2, 0.25) is 0 Å². The average molecular weight is 319 g/mol. The van der Waals surface area contributed by atoms with E-state index in [0.717, 1.165) is 10.1 Å². The number of rotatable bonds is 2. The van der Waals surface area contributed by atoms with Gasteiger partial charge in [0.05, 0.1) is 11.3 Å². The van der Waals surface area contributed by atoms with Gasteiger partial charge in [-0.15, -0.1) is 0 Å². The molecule has 3 rings (SSSR count). The summed E-state index contributed by atoms with van der Waals surface area (Å²) in [5, 5.41) is 11.0. The minimum Gasteiger partial charge on any atom is -0.358 e. The summed E-state index contributed by atoms with van der Waals surface area (Å²) < 4.78 is 2.71. The molecule has 0 spiro atoms. The molecule has 6 nitrogen and oxygen atoms in total. The highest BCUT2D eigenvalue weighted by molar-refractivity contribution is 9.10. The van der Waals surface area contributed by atoms with Crippen LogP contribution in [-0.4, -0.2) is 19.3 Å². The Bertz CT molecular complexity index is 784. The van der Waals surface area contributed by atoms with E-state index in [4.69, 9.17) is 0 Å². The maximum Gasteiger partial charge on any atom is 0.372 e. The first-order valence-electron chi connectivity index (χ1n) is 5.39. The predicted octanol–water partition coefficient (Wildman–Crippen LogP) is 3.07. The van der Waals surface area contributed by atoms with E-state index in [1.165, 1.54) is 6.20 Å². The molecule has 0 aliphatic heterocycles. The highest BCUT2D eigenvalue weighted by atomic mass is 79.9. The lowest BCUT2D eigenvalue weighted by molar-refractivity contribution is -0.388. The van der Waals surface area contributed by atoms with Crippen molar-refractivity contribution in [2.75, 3.05) is 0 Å². The number of hydrogen-bond acceptors (Lipinski definition) is 4. The summed E-state index contributed by atoms with van der Waals surface area (Å²) in [6, 6.07) is 6.99. The standard InChI is InChI=1S/C12H7BrN4O2/c13-8-3-4-11-15-10(7-16(11)6-8)9-2-1-5-14-12(9)17(18)19/h1-7H. The van der Waals surface area contributed by atoms with Crippen LogP contribution in [0.2, 0.25) is 0 Å². The molecule has 3 heterocycles. The zero-order valence-electron chi connectivity index (χ0n) is 9.52. The van der Waals surface area contributed by atoms with E-state index < -0.39 is 4.92 Å². The summed E-state index contributed by atoms with van der Waals surface area (Å²) in [4.78, 5) is 18.6. The largest absolute Gasteiger partial charge is 0.372 e. The van der Waals surface area contributed by atoms with Gasteiger partial charge in [-0.2, -0.15) is 0 Å². The number of hydrogen-bond donors (Lipinski definition) is 0. The van der Waals surface area contributed by atoms with Gasteiger partial charge in [-0.1, -0.05) is 0 Å². The first kappa shape index (κ1) is 11.8. The van der Waals surface area contributed by atoms with E-state index in [2.05, 4.69) is 25.9 Å². The smallest absolute Gasteiger partial charge is 0.358 e. The fraction of sp³-hybridized carbons (Fsp3) is 0. The van der Waals surface area contributed by atoms with Gasteiger partial charge < -0.3 is 14.5 Å². The van der Waals surface area contributed by atoms with E-state index in [0.29, 0.717) is 11.3 Å². The average Bonchev–Trinajstić information content (AvgIpc) is 2.81. The topological polar surface area (TPSA) is 73.3 Å². The Morgan fingerprint density at radius 2 is 2.11 bits per heavy atom. The Morgan fingerprint density at radius 3 is 2.89 bits per heavy atom. The lowest BCUT2D eigenvalue weighted by atomic mass is 10.2. The van der Waals surface area contributed by atoms with Gasteiger partial charge >= 0.3 is 5.82 Å². The van der Waals surface area contributed by atoms with Gasteiger partial charge in [-0.05, 0) is 50.1 Å². The molecule has 0 atom stereocenters. The third-order valence-corrected chi connectivity index (χ3v) is 3.12. The third-order valence-electron chi connectivity index (χ3n) is 2.65. The number of nitrogens with zero attached hydrogens (tertiary/aromatic N) is 4. The van der Waals surface area contributed by atoms with Crippen molar-refractivity contribution < 1.29 is 4.92 Å². The lowest BCUT2D eigenvalue weighted by Gasteiger charge is -1.97. The van der Waals surface area contributed by atoms with Crippen LogP contribution in [0, 0.1) is 10.1 Å². The number of imidazole rings is 1. The molecule has 0 saturated carbocycles. The van der Waals surface area contributed by atoms with Crippen molar-refractivity contribution >= 4 is 27.4 Å². The monoisotopic (exact) mass is 318 g/mol. The Hall–Kier alpha value is -2.28. The number of aromatic nitrogens is 3. The number of nitro groups is 1. The lowest BCUT2D eigenvalue weighted by Crippen LogP contribution is -1.94. The fourth-order valence-electron chi connectivity index (χ4n) is 1.84. The minimum absolute atomic E-state index is 0.190. The van der Waals surface area contributed by atoms with Crippen LogP contribution in [0.4, 0.5) is 5.82 Å². The van der Waals surface area contributed by atoms with E-state index in [1.54, 1.807) is 22.7 Å². The number of pyridine rings is 2. The molecule has 0 saturated heterocycles. The summed E-state index contributed by atoms with van der Waals surface area (Å²) in [5.41, 5.74) is 1.65. The molecular formula is C12H7BrN4O2. The first-order valence-corrected chi connectivity index (χ1v) is 6.18. The normalized spacial score (nSPS) is 10.8. The third kappa shape index (κ3) is 2.08. The van der Waals surface area contributed by atoms with Crippen LogP contribution in [0.25, 0.3) is 16.9 Å². The Kier molecular flexibility index (Phi) is 2.75. The van der Waals surface area contributed by atoms with E-state index >= 15 is 0 Å². The molecule has 0 radical (unpaired) electrons. The molecule has 94 valence electrons.